The molecule has 0 saturated heterocycles. The molecule has 0 saturated carbocycles. The zero-order chi connectivity index (χ0) is 15.8. The average molecular weight is 299 g/mol. The van der Waals surface area contributed by atoms with E-state index in [9.17, 15) is 4.79 Å². The van der Waals surface area contributed by atoms with Gasteiger partial charge in [0.15, 0.2) is 0 Å². The van der Waals surface area contributed by atoms with Gasteiger partial charge in [0, 0.05) is 18.2 Å². The lowest BCUT2D eigenvalue weighted by Crippen LogP contribution is -2.12. The van der Waals surface area contributed by atoms with Crippen molar-refractivity contribution in [3.05, 3.63) is 54.1 Å². The molecule has 2 aromatic rings. The number of anilines is 1. The van der Waals surface area contributed by atoms with Crippen LogP contribution in [0.3, 0.4) is 0 Å². The third-order valence-corrected chi connectivity index (χ3v) is 3.19. The quantitative estimate of drug-likeness (QED) is 0.791. The molecule has 0 bridgehead atoms. The molecular weight excluding hydrogens is 278 g/mol. The van der Waals surface area contributed by atoms with Crippen molar-refractivity contribution in [1.82, 2.24) is 0 Å². The second kappa shape index (κ2) is 8.08. The zero-order valence-corrected chi connectivity index (χ0v) is 13.0. The lowest BCUT2D eigenvalue weighted by atomic mass is 10.2. The highest BCUT2D eigenvalue weighted by Gasteiger charge is 2.03. The van der Waals surface area contributed by atoms with E-state index in [0.29, 0.717) is 19.4 Å². The second-order valence-corrected chi connectivity index (χ2v) is 5.05. The SMILES string of the molecule is COc1cccc(NC(=O)CCCOc2ccc(C)cc2)c1. The molecule has 0 heterocycles. The van der Waals surface area contributed by atoms with Gasteiger partial charge in [-0.25, -0.2) is 0 Å². The van der Waals surface area contributed by atoms with E-state index in [0.717, 1.165) is 17.2 Å². The van der Waals surface area contributed by atoms with Gasteiger partial charge in [-0.1, -0.05) is 23.8 Å². The van der Waals surface area contributed by atoms with Crippen molar-refractivity contribution in [2.24, 2.45) is 0 Å². The van der Waals surface area contributed by atoms with Crippen molar-refractivity contribution in [2.45, 2.75) is 19.8 Å². The summed E-state index contributed by atoms with van der Waals surface area (Å²) in [6.07, 6.45) is 1.09. The minimum absolute atomic E-state index is 0.0271. The average Bonchev–Trinajstić information content (AvgIpc) is 2.53. The standard InChI is InChI=1S/C18H21NO3/c1-14-8-10-16(11-9-14)22-12-4-7-18(20)19-15-5-3-6-17(13-15)21-2/h3,5-6,8-11,13H,4,7,12H2,1-2H3,(H,19,20). The Hall–Kier alpha value is -2.49. The summed E-state index contributed by atoms with van der Waals surface area (Å²) in [4.78, 5) is 11.9. The summed E-state index contributed by atoms with van der Waals surface area (Å²) in [6, 6.07) is 15.2. The van der Waals surface area contributed by atoms with E-state index < -0.39 is 0 Å². The minimum atomic E-state index is -0.0271. The van der Waals surface area contributed by atoms with E-state index in [1.54, 1.807) is 13.2 Å². The van der Waals surface area contributed by atoms with Gasteiger partial charge < -0.3 is 14.8 Å². The van der Waals surface area contributed by atoms with Crippen LogP contribution in [-0.4, -0.2) is 19.6 Å². The molecule has 0 aliphatic carbocycles. The lowest BCUT2D eigenvalue weighted by molar-refractivity contribution is -0.116. The van der Waals surface area contributed by atoms with Crippen LogP contribution in [0.2, 0.25) is 0 Å². The fourth-order valence-electron chi connectivity index (χ4n) is 1.98. The number of aryl methyl sites for hydroxylation is 1. The van der Waals surface area contributed by atoms with Crippen molar-refractivity contribution in [3.63, 3.8) is 0 Å². The summed E-state index contributed by atoms with van der Waals surface area (Å²) < 4.78 is 10.7. The number of nitrogens with one attached hydrogen (secondary N) is 1. The molecule has 0 aliphatic heterocycles. The molecule has 4 heteroatoms. The van der Waals surface area contributed by atoms with Crippen LogP contribution >= 0.6 is 0 Å². The Morgan fingerprint density at radius 3 is 2.59 bits per heavy atom. The highest BCUT2D eigenvalue weighted by atomic mass is 16.5. The maximum Gasteiger partial charge on any atom is 0.224 e. The van der Waals surface area contributed by atoms with Crippen molar-refractivity contribution < 1.29 is 14.3 Å². The van der Waals surface area contributed by atoms with Gasteiger partial charge in [-0.05, 0) is 37.6 Å². The number of benzene rings is 2. The molecule has 0 aromatic heterocycles. The van der Waals surface area contributed by atoms with Gasteiger partial charge >= 0.3 is 0 Å². The van der Waals surface area contributed by atoms with Crippen LogP contribution in [0.1, 0.15) is 18.4 Å². The Kier molecular flexibility index (Phi) is 5.83. The molecule has 2 aromatic carbocycles. The van der Waals surface area contributed by atoms with E-state index in [4.69, 9.17) is 9.47 Å². The first kappa shape index (κ1) is 15.9. The predicted octanol–water partition coefficient (Wildman–Crippen LogP) is 3.80. The number of hydrogen-bond donors (Lipinski definition) is 1. The molecule has 2 rings (SSSR count). The lowest BCUT2D eigenvalue weighted by Gasteiger charge is -2.08. The summed E-state index contributed by atoms with van der Waals surface area (Å²) in [6.45, 7) is 2.56. The Balaban J connectivity index is 1.70. The Morgan fingerprint density at radius 1 is 1.09 bits per heavy atom. The van der Waals surface area contributed by atoms with Crippen LogP contribution in [0.25, 0.3) is 0 Å². The van der Waals surface area contributed by atoms with E-state index in [2.05, 4.69) is 5.32 Å². The number of carbonyl (C=O) groups is 1. The first-order chi connectivity index (χ1) is 10.7. The normalized spacial score (nSPS) is 10.1. The number of methoxy groups -OCH3 is 1. The summed E-state index contributed by atoms with van der Waals surface area (Å²) in [7, 11) is 1.60. The third-order valence-electron chi connectivity index (χ3n) is 3.19. The molecule has 4 nitrogen and oxygen atoms in total. The summed E-state index contributed by atoms with van der Waals surface area (Å²) in [5.74, 6) is 1.53. The maximum atomic E-state index is 11.9. The molecule has 0 spiro atoms. The van der Waals surface area contributed by atoms with Gasteiger partial charge in [0.25, 0.3) is 0 Å². The van der Waals surface area contributed by atoms with Crippen LogP contribution in [0.4, 0.5) is 5.69 Å². The summed E-state index contributed by atoms with van der Waals surface area (Å²) >= 11 is 0. The van der Waals surface area contributed by atoms with Crippen molar-refractivity contribution >= 4 is 11.6 Å². The molecule has 1 N–H and O–H groups in total. The number of amides is 1. The first-order valence-electron chi connectivity index (χ1n) is 7.31. The number of carbonyl (C=O) groups excluding carboxylic acids is 1. The largest absolute Gasteiger partial charge is 0.497 e. The fourth-order valence-corrected chi connectivity index (χ4v) is 1.98. The molecule has 22 heavy (non-hydrogen) atoms. The van der Waals surface area contributed by atoms with Gasteiger partial charge in [-0.15, -0.1) is 0 Å². The number of ether oxygens (including phenoxy) is 2. The summed E-state index contributed by atoms with van der Waals surface area (Å²) in [5, 5.41) is 2.85. The highest BCUT2D eigenvalue weighted by Crippen LogP contribution is 2.17. The van der Waals surface area contributed by atoms with Crippen LogP contribution in [0.15, 0.2) is 48.5 Å². The topological polar surface area (TPSA) is 47.6 Å². The van der Waals surface area contributed by atoms with E-state index in [1.165, 1.54) is 5.56 Å². The van der Waals surface area contributed by atoms with Gasteiger partial charge in [0.1, 0.15) is 11.5 Å². The molecule has 0 atom stereocenters. The first-order valence-corrected chi connectivity index (χ1v) is 7.31. The van der Waals surface area contributed by atoms with Crippen molar-refractivity contribution in [3.8, 4) is 11.5 Å². The van der Waals surface area contributed by atoms with Crippen LogP contribution in [0, 0.1) is 6.92 Å². The number of rotatable bonds is 7. The molecule has 0 aliphatic rings. The van der Waals surface area contributed by atoms with E-state index in [-0.39, 0.29) is 5.91 Å². The van der Waals surface area contributed by atoms with Gasteiger partial charge in [-0.2, -0.15) is 0 Å². The molecule has 116 valence electrons. The van der Waals surface area contributed by atoms with Crippen LogP contribution in [0.5, 0.6) is 11.5 Å². The number of hydrogen-bond acceptors (Lipinski definition) is 3. The second-order valence-electron chi connectivity index (χ2n) is 5.05. The fraction of sp³-hybridized carbons (Fsp3) is 0.278. The van der Waals surface area contributed by atoms with Crippen molar-refractivity contribution in [2.75, 3.05) is 19.0 Å². The Labute approximate surface area is 131 Å². The van der Waals surface area contributed by atoms with E-state index >= 15 is 0 Å². The minimum Gasteiger partial charge on any atom is -0.497 e. The molecule has 1 amide bonds. The van der Waals surface area contributed by atoms with Crippen molar-refractivity contribution in [1.29, 1.82) is 0 Å². The molecular formula is C18H21NO3. The van der Waals surface area contributed by atoms with Gasteiger partial charge in [0.05, 0.1) is 13.7 Å². The van der Waals surface area contributed by atoms with E-state index in [1.807, 2.05) is 49.4 Å². The Bertz CT molecular complexity index is 608. The predicted molar refractivity (Wildman–Crippen MR) is 87.5 cm³/mol. The van der Waals surface area contributed by atoms with Crippen LogP contribution < -0.4 is 14.8 Å². The Morgan fingerprint density at radius 2 is 1.86 bits per heavy atom. The molecule has 0 radical (unpaired) electrons. The summed E-state index contributed by atoms with van der Waals surface area (Å²) in [5.41, 5.74) is 1.94. The maximum absolute atomic E-state index is 11.9. The monoisotopic (exact) mass is 299 g/mol. The highest BCUT2D eigenvalue weighted by molar-refractivity contribution is 5.90. The smallest absolute Gasteiger partial charge is 0.224 e. The molecule has 0 fully saturated rings. The molecule has 0 unspecified atom stereocenters. The van der Waals surface area contributed by atoms with Gasteiger partial charge in [0.2, 0.25) is 5.91 Å². The van der Waals surface area contributed by atoms with Gasteiger partial charge in [-0.3, -0.25) is 4.79 Å². The third kappa shape index (κ3) is 5.13. The van der Waals surface area contributed by atoms with Crippen LogP contribution in [-0.2, 0) is 4.79 Å². The zero-order valence-electron chi connectivity index (χ0n) is 13.0.